The van der Waals surface area contributed by atoms with Crippen LogP contribution in [0, 0.1) is 0 Å². The second kappa shape index (κ2) is 7.82. The Morgan fingerprint density at radius 1 is 1.37 bits per heavy atom. The molecule has 100 valence electrons. The molecule has 0 bridgehead atoms. The quantitative estimate of drug-likeness (QED) is 0.414. The molecule has 0 aliphatic rings. The van der Waals surface area contributed by atoms with Crippen LogP contribution in [0.25, 0.3) is 0 Å². The summed E-state index contributed by atoms with van der Waals surface area (Å²) >= 11 is 6.29. The number of hydrazine groups is 1. The highest BCUT2D eigenvalue weighted by Crippen LogP contribution is 2.30. The average molecular weight is 390 g/mol. The third kappa shape index (κ3) is 4.93. The lowest BCUT2D eigenvalue weighted by atomic mass is 10.2. The van der Waals surface area contributed by atoms with Gasteiger partial charge in [0, 0.05) is 16.7 Å². The number of benzene rings is 1. The molecule has 0 fully saturated rings. The van der Waals surface area contributed by atoms with Crippen molar-refractivity contribution in [2.24, 2.45) is 5.84 Å². The van der Waals surface area contributed by atoms with Crippen LogP contribution in [0.1, 0.15) is 10.4 Å². The first-order chi connectivity index (χ1) is 9.08. The van der Waals surface area contributed by atoms with Crippen LogP contribution >= 0.6 is 31.9 Å². The molecule has 0 atom stereocenters. The number of carbonyl (C=O) groups is 1. The monoisotopic (exact) mass is 388 g/mol. The van der Waals surface area contributed by atoms with Gasteiger partial charge in [-0.05, 0) is 28.1 Å². The Balaban J connectivity index is 0.000000200. The Bertz CT molecular complexity index is 552. The fraction of sp³-hybridized carbons (Fsp3) is 0. The molecule has 1 aromatic carbocycles. The normalized spacial score (nSPS) is 9.21. The zero-order valence-corrected chi connectivity index (χ0v) is 12.7. The van der Waals surface area contributed by atoms with Crippen LogP contribution in [0.5, 0.6) is 5.75 Å². The van der Waals surface area contributed by atoms with Gasteiger partial charge in [0.1, 0.15) is 17.9 Å². The highest BCUT2D eigenvalue weighted by atomic mass is 79.9. The Hall–Kier alpha value is -1.51. The molecule has 4 N–H and O–H groups in total. The zero-order valence-electron chi connectivity index (χ0n) is 9.55. The number of hydrogen-bond acceptors (Lipinski definition) is 6. The molecule has 0 saturated carbocycles. The average Bonchev–Trinajstić information content (AvgIpc) is 2.44. The van der Waals surface area contributed by atoms with Crippen molar-refractivity contribution in [3.8, 4) is 5.75 Å². The van der Waals surface area contributed by atoms with E-state index in [2.05, 4.69) is 47.3 Å². The minimum Gasteiger partial charge on any atom is -0.506 e. The summed E-state index contributed by atoms with van der Waals surface area (Å²) in [7, 11) is 0. The first kappa shape index (κ1) is 15.5. The lowest BCUT2D eigenvalue weighted by Gasteiger charge is -1.99. The van der Waals surface area contributed by atoms with Gasteiger partial charge in [0.25, 0.3) is 0 Å². The molecular formula is C11H10Br2N4O2. The summed E-state index contributed by atoms with van der Waals surface area (Å²) in [5, 5.41) is 9.22. The molecule has 0 saturated heterocycles. The molecule has 0 spiro atoms. The Labute approximate surface area is 126 Å². The molecule has 0 aliphatic carbocycles. The number of phenols is 1. The maximum absolute atomic E-state index is 10.3. The van der Waals surface area contributed by atoms with E-state index in [0.717, 1.165) is 4.47 Å². The molecule has 6 nitrogen and oxygen atoms in total. The molecule has 1 aromatic heterocycles. The Kier molecular flexibility index (Phi) is 6.40. The van der Waals surface area contributed by atoms with Crippen LogP contribution in [-0.4, -0.2) is 21.4 Å². The summed E-state index contributed by atoms with van der Waals surface area (Å²) in [4.78, 5) is 17.8. The van der Waals surface area contributed by atoms with Crippen molar-refractivity contribution in [3.05, 3.63) is 45.2 Å². The molecule has 0 unspecified atom stereocenters. The molecule has 1 heterocycles. The number of anilines is 1. The zero-order chi connectivity index (χ0) is 14.3. The summed E-state index contributed by atoms with van der Waals surface area (Å²) < 4.78 is 1.26. The van der Waals surface area contributed by atoms with Crippen molar-refractivity contribution < 1.29 is 9.90 Å². The van der Waals surface area contributed by atoms with Crippen molar-refractivity contribution >= 4 is 44.0 Å². The van der Waals surface area contributed by atoms with Gasteiger partial charge in [-0.1, -0.05) is 15.9 Å². The predicted molar refractivity (Wildman–Crippen MR) is 78.7 cm³/mol. The summed E-state index contributed by atoms with van der Waals surface area (Å²) in [6, 6.07) is 4.90. The van der Waals surface area contributed by atoms with Crippen molar-refractivity contribution in [1.29, 1.82) is 0 Å². The lowest BCUT2D eigenvalue weighted by molar-refractivity contribution is 0.112. The number of hydrogen-bond donors (Lipinski definition) is 3. The summed E-state index contributed by atoms with van der Waals surface area (Å²) in [5.41, 5.74) is 2.65. The van der Waals surface area contributed by atoms with E-state index in [0.29, 0.717) is 16.6 Å². The first-order valence-corrected chi connectivity index (χ1v) is 6.53. The van der Waals surface area contributed by atoms with Crippen molar-refractivity contribution in [2.45, 2.75) is 0 Å². The van der Waals surface area contributed by atoms with Crippen LogP contribution in [0.2, 0.25) is 0 Å². The van der Waals surface area contributed by atoms with Gasteiger partial charge in [0.05, 0.1) is 10.0 Å². The van der Waals surface area contributed by atoms with Crippen LogP contribution in [0.15, 0.2) is 39.7 Å². The van der Waals surface area contributed by atoms with Gasteiger partial charge >= 0.3 is 0 Å². The van der Waals surface area contributed by atoms with Gasteiger partial charge < -0.3 is 10.5 Å². The number of aldehydes is 1. The third-order valence-electron chi connectivity index (χ3n) is 1.91. The maximum atomic E-state index is 10.3. The topological polar surface area (TPSA) is 101 Å². The molecule has 0 amide bonds. The predicted octanol–water partition coefficient (Wildman–Crippen LogP) is 2.49. The van der Waals surface area contributed by atoms with Gasteiger partial charge in [-0.2, -0.15) is 0 Å². The number of carbonyl (C=O) groups excluding carboxylic acids is 1. The summed E-state index contributed by atoms with van der Waals surface area (Å²) in [6.07, 6.45) is 3.64. The largest absolute Gasteiger partial charge is 0.506 e. The van der Waals surface area contributed by atoms with Crippen LogP contribution in [0.4, 0.5) is 5.82 Å². The smallest absolute Gasteiger partial charge is 0.153 e. The minimum absolute atomic E-state index is 0.0248. The Morgan fingerprint density at radius 3 is 2.58 bits per heavy atom. The fourth-order valence-corrected chi connectivity index (χ4v) is 2.31. The van der Waals surface area contributed by atoms with Crippen molar-refractivity contribution in [2.75, 3.05) is 5.43 Å². The van der Waals surface area contributed by atoms with E-state index in [9.17, 15) is 9.90 Å². The molecule has 19 heavy (non-hydrogen) atoms. The standard InChI is InChI=1S/C7H4Br2O2.C4H6N4/c8-5-1-4(3-10)7(11)6(9)2-5;5-8-4-1-2-6-3-7-4/h1-3,11H;1-3H,5H2,(H,6,7,8). The van der Waals surface area contributed by atoms with Crippen LogP contribution in [0.3, 0.4) is 0 Å². The molecule has 2 aromatic rings. The van der Waals surface area contributed by atoms with Gasteiger partial charge in [-0.25, -0.2) is 15.8 Å². The van der Waals surface area contributed by atoms with E-state index >= 15 is 0 Å². The first-order valence-electron chi connectivity index (χ1n) is 4.94. The maximum Gasteiger partial charge on any atom is 0.153 e. The number of nitrogens with two attached hydrogens (primary N) is 1. The molecule has 0 radical (unpaired) electrons. The van der Waals surface area contributed by atoms with Crippen LogP contribution in [-0.2, 0) is 0 Å². The van der Waals surface area contributed by atoms with E-state index in [1.54, 1.807) is 24.4 Å². The molecule has 2 rings (SSSR count). The highest BCUT2D eigenvalue weighted by Gasteiger charge is 2.05. The second-order valence-corrected chi connectivity index (χ2v) is 4.95. The molecule has 0 aliphatic heterocycles. The highest BCUT2D eigenvalue weighted by molar-refractivity contribution is 9.11. The lowest BCUT2D eigenvalue weighted by Crippen LogP contribution is -2.07. The number of aromatic nitrogens is 2. The van der Waals surface area contributed by atoms with E-state index in [-0.39, 0.29) is 11.3 Å². The number of phenolic OH excluding ortho intramolecular Hbond substituents is 1. The molecular weight excluding hydrogens is 380 g/mol. The number of halogens is 2. The van der Waals surface area contributed by atoms with Crippen LogP contribution < -0.4 is 11.3 Å². The number of nitrogen functional groups attached to an aromatic ring is 1. The second-order valence-electron chi connectivity index (χ2n) is 3.18. The van der Waals surface area contributed by atoms with Gasteiger partial charge in [-0.15, -0.1) is 0 Å². The summed E-state index contributed by atoms with van der Waals surface area (Å²) in [5.74, 6) is 5.61. The number of aromatic hydroxyl groups is 1. The summed E-state index contributed by atoms with van der Waals surface area (Å²) in [6.45, 7) is 0. The SMILES string of the molecule is NNc1ccncn1.O=Cc1cc(Br)cc(Br)c1O. The number of nitrogens with zero attached hydrogens (tertiary/aromatic N) is 2. The third-order valence-corrected chi connectivity index (χ3v) is 2.98. The fourth-order valence-electron chi connectivity index (χ4n) is 1.05. The molecule has 8 heteroatoms. The number of rotatable bonds is 2. The van der Waals surface area contributed by atoms with Crippen molar-refractivity contribution in [1.82, 2.24) is 9.97 Å². The van der Waals surface area contributed by atoms with E-state index in [1.807, 2.05) is 0 Å². The van der Waals surface area contributed by atoms with E-state index < -0.39 is 0 Å². The Morgan fingerprint density at radius 2 is 2.11 bits per heavy atom. The number of nitrogens with one attached hydrogen (secondary N) is 1. The van der Waals surface area contributed by atoms with Gasteiger partial charge in [-0.3, -0.25) is 4.79 Å². The van der Waals surface area contributed by atoms with E-state index in [4.69, 9.17) is 5.84 Å². The minimum atomic E-state index is -0.0248. The van der Waals surface area contributed by atoms with Gasteiger partial charge in [0.2, 0.25) is 0 Å². The van der Waals surface area contributed by atoms with Crippen molar-refractivity contribution in [3.63, 3.8) is 0 Å². The van der Waals surface area contributed by atoms with Gasteiger partial charge in [0.15, 0.2) is 6.29 Å². The van der Waals surface area contributed by atoms with E-state index in [1.165, 1.54) is 6.33 Å².